The molecule has 1 fully saturated rings. The van der Waals surface area contributed by atoms with Gasteiger partial charge in [0.05, 0.1) is 0 Å². The molecule has 1 aliphatic carbocycles. The highest BCUT2D eigenvalue weighted by Gasteiger charge is 2.25. The Labute approximate surface area is 96.1 Å². The molecule has 0 spiro atoms. The van der Waals surface area contributed by atoms with Crippen LogP contribution in [-0.4, -0.2) is 43.1 Å². The maximum absolute atomic E-state index is 5.07. The summed E-state index contributed by atoms with van der Waals surface area (Å²) in [4.78, 5) is 3.18. The van der Waals surface area contributed by atoms with Crippen molar-refractivity contribution in [3.05, 3.63) is 0 Å². The van der Waals surface area contributed by atoms with Crippen LogP contribution in [0.25, 0.3) is 0 Å². The molecule has 1 saturated carbocycles. The molecule has 0 heterocycles. The number of nitrogens with zero attached hydrogens (tertiary/aromatic N) is 1. The Kier molecular flexibility index (Phi) is 6.06. The average Bonchev–Trinajstić information content (AvgIpc) is 2.18. The van der Waals surface area contributed by atoms with Crippen molar-refractivity contribution < 1.29 is 4.74 Å². The van der Waals surface area contributed by atoms with E-state index in [1.807, 2.05) is 0 Å². The van der Waals surface area contributed by atoms with Crippen LogP contribution in [-0.2, 0) is 4.74 Å². The molecule has 0 saturated heterocycles. The topological polar surface area (TPSA) is 12.5 Å². The van der Waals surface area contributed by atoms with E-state index in [2.05, 4.69) is 27.9 Å². The van der Waals surface area contributed by atoms with Gasteiger partial charge in [-0.1, -0.05) is 28.8 Å². The fraction of sp³-hybridized carbons (Fsp3) is 1.00. The Morgan fingerprint density at radius 2 is 2.07 bits per heavy atom. The van der Waals surface area contributed by atoms with Gasteiger partial charge in [0.1, 0.15) is 0 Å². The molecule has 14 heavy (non-hydrogen) atoms. The van der Waals surface area contributed by atoms with Crippen LogP contribution in [0.1, 0.15) is 32.1 Å². The number of hydrogen-bond donors (Lipinski definition) is 0. The van der Waals surface area contributed by atoms with E-state index >= 15 is 0 Å². The van der Waals surface area contributed by atoms with Gasteiger partial charge in [0.25, 0.3) is 0 Å². The highest BCUT2D eigenvalue weighted by molar-refractivity contribution is 9.09. The van der Waals surface area contributed by atoms with Crippen molar-refractivity contribution in [2.75, 3.05) is 27.3 Å². The lowest BCUT2D eigenvalue weighted by atomic mass is 9.94. The van der Waals surface area contributed by atoms with Crippen molar-refractivity contribution in [3.8, 4) is 0 Å². The summed E-state index contributed by atoms with van der Waals surface area (Å²) < 4.78 is 5.07. The van der Waals surface area contributed by atoms with E-state index in [-0.39, 0.29) is 0 Å². The summed E-state index contributed by atoms with van der Waals surface area (Å²) in [5.41, 5.74) is 0. The van der Waals surface area contributed by atoms with Crippen LogP contribution in [0.4, 0.5) is 0 Å². The fourth-order valence-corrected chi connectivity index (χ4v) is 3.18. The molecule has 0 radical (unpaired) electrons. The minimum absolute atomic E-state index is 0.698. The highest BCUT2D eigenvalue weighted by Crippen LogP contribution is 2.27. The lowest BCUT2D eigenvalue weighted by molar-refractivity contribution is 0.153. The summed E-state index contributed by atoms with van der Waals surface area (Å²) in [6.45, 7) is 2.03. The van der Waals surface area contributed by atoms with Gasteiger partial charge in [-0.2, -0.15) is 0 Å². The van der Waals surface area contributed by atoms with Crippen molar-refractivity contribution in [1.82, 2.24) is 4.90 Å². The van der Waals surface area contributed by atoms with Gasteiger partial charge in [0.2, 0.25) is 0 Å². The Morgan fingerprint density at radius 1 is 1.36 bits per heavy atom. The second-order valence-electron chi connectivity index (χ2n) is 4.19. The van der Waals surface area contributed by atoms with E-state index in [4.69, 9.17) is 4.74 Å². The monoisotopic (exact) mass is 263 g/mol. The van der Waals surface area contributed by atoms with Crippen molar-refractivity contribution in [1.29, 1.82) is 0 Å². The van der Waals surface area contributed by atoms with Crippen molar-refractivity contribution in [3.63, 3.8) is 0 Å². The first-order valence-electron chi connectivity index (χ1n) is 5.59. The fourth-order valence-electron chi connectivity index (χ4n) is 2.19. The molecule has 0 aromatic rings. The number of halogens is 1. The van der Waals surface area contributed by atoms with Gasteiger partial charge in [-0.15, -0.1) is 0 Å². The SMILES string of the molecule is COCCCN(C)C1CCCCC1Br. The Morgan fingerprint density at radius 3 is 2.71 bits per heavy atom. The summed E-state index contributed by atoms with van der Waals surface area (Å²) in [7, 11) is 4.01. The number of rotatable bonds is 5. The molecule has 2 atom stereocenters. The molecule has 1 rings (SSSR count). The summed E-state index contributed by atoms with van der Waals surface area (Å²) in [5.74, 6) is 0. The molecule has 1 aliphatic rings. The van der Waals surface area contributed by atoms with Crippen LogP contribution >= 0.6 is 15.9 Å². The zero-order chi connectivity index (χ0) is 10.4. The van der Waals surface area contributed by atoms with Crippen molar-refractivity contribution >= 4 is 15.9 Å². The van der Waals surface area contributed by atoms with Gasteiger partial charge < -0.3 is 9.64 Å². The maximum atomic E-state index is 5.07. The Bertz CT molecular complexity index is 154. The van der Waals surface area contributed by atoms with Crippen LogP contribution < -0.4 is 0 Å². The smallest absolute Gasteiger partial charge is 0.0474 e. The van der Waals surface area contributed by atoms with Gasteiger partial charge >= 0.3 is 0 Å². The number of alkyl halides is 1. The lowest BCUT2D eigenvalue weighted by Gasteiger charge is -2.35. The van der Waals surface area contributed by atoms with Gasteiger partial charge in [0, 0.05) is 31.1 Å². The molecule has 2 unspecified atom stereocenters. The zero-order valence-electron chi connectivity index (χ0n) is 9.34. The minimum atomic E-state index is 0.698. The molecule has 0 aliphatic heterocycles. The quantitative estimate of drug-likeness (QED) is 0.559. The second-order valence-corrected chi connectivity index (χ2v) is 5.37. The summed E-state index contributed by atoms with van der Waals surface area (Å²) in [6, 6.07) is 0.737. The van der Waals surface area contributed by atoms with E-state index in [9.17, 15) is 0 Å². The first-order valence-corrected chi connectivity index (χ1v) is 6.50. The summed E-state index contributed by atoms with van der Waals surface area (Å²) >= 11 is 3.79. The Hall–Kier alpha value is 0.400. The third-order valence-electron chi connectivity index (χ3n) is 3.07. The largest absolute Gasteiger partial charge is 0.385 e. The van der Waals surface area contributed by atoms with Gasteiger partial charge in [-0.25, -0.2) is 0 Å². The van der Waals surface area contributed by atoms with Crippen LogP contribution in [0.15, 0.2) is 0 Å². The molecular weight excluding hydrogens is 242 g/mol. The van der Waals surface area contributed by atoms with E-state index in [1.165, 1.54) is 25.7 Å². The lowest BCUT2D eigenvalue weighted by Crippen LogP contribution is -2.41. The zero-order valence-corrected chi connectivity index (χ0v) is 10.9. The molecule has 0 bridgehead atoms. The molecule has 3 heteroatoms. The van der Waals surface area contributed by atoms with E-state index < -0.39 is 0 Å². The van der Waals surface area contributed by atoms with Crippen molar-refractivity contribution in [2.24, 2.45) is 0 Å². The molecule has 0 N–H and O–H groups in total. The van der Waals surface area contributed by atoms with E-state index in [0.717, 1.165) is 25.6 Å². The predicted molar refractivity (Wildman–Crippen MR) is 64.1 cm³/mol. The summed E-state index contributed by atoms with van der Waals surface area (Å²) in [6.07, 6.45) is 6.60. The summed E-state index contributed by atoms with van der Waals surface area (Å²) in [5, 5.41) is 0. The third-order valence-corrected chi connectivity index (χ3v) is 4.14. The van der Waals surface area contributed by atoms with Crippen LogP contribution in [0.3, 0.4) is 0 Å². The first-order chi connectivity index (χ1) is 6.75. The molecular formula is C11H22BrNO. The van der Waals surface area contributed by atoms with Crippen molar-refractivity contribution in [2.45, 2.75) is 43.0 Å². The molecule has 0 aromatic heterocycles. The van der Waals surface area contributed by atoms with Crippen LogP contribution in [0.2, 0.25) is 0 Å². The molecule has 2 nitrogen and oxygen atoms in total. The van der Waals surface area contributed by atoms with Gasteiger partial charge in [-0.05, 0) is 26.3 Å². The van der Waals surface area contributed by atoms with Gasteiger partial charge in [-0.3, -0.25) is 0 Å². The second kappa shape index (κ2) is 6.81. The maximum Gasteiger partial charge on any atom is 0.0474 e. The Balaban J connectivity index is 2.23. The number of hydrogen-bond acceptors (Lipinski definition) is 2. The number of methoxy groups -OCH3 is 1. The van der Waals surface area contributed by atoms with Crippen LogP contribution in [0, 0.1) is 0 Å². The van der Waals surface area contributed by atoms with E-state index in [0.29, 0.717) is 4.83 Å². The molecule has 0 amide bonds. The standard InChI is InChI=1S/C11H22BrNO/c1-13(8-5-9-14-2)11-7-4-3-6-10(11)12/h10-11H,3-9H2,1-2H3. The highest BCUT2D eigenvalue weighted by atomic mass is 79.9. The predicted octanol–water partition coefficient (Wildman–Crippen LogP) is 2.66. The third kappa shape index (κ3) is 3.87. The first kappa shape index (κ1) is 12.5. The molecule has 84 valence electrons. The van der Waals surface area contributed by atoms with E-state index in [1.54, 1.807) is 7.11 Å². The van der Waals surface area contributed by atoms with Crippen LogP contribution in [0.5, 0.6) is 0 Å². The molecule has 0 aromatic carbocycles. The minimum Gasteiger partial charge on any atom is -0.385 e. The number of ether oxygens (including phenoxy) is 1. The normalized spacial score (nSPS) is 28.3. The average molecular weight is 264 g/mol. The van der Waals surface area contributed by atoms with Gasteiger partial charge in [0.15, 0.2) is 0 Å².